The summed E-state index contributed by atoms with van der Waals surface area (Å²) in [4.78, 5) is 23.1. The van der Waals surface area contributed by atoms with Crippen LogP contribution in [0.15, 0.2) is 34.9 Å². The highest BCUT2D eigenvalue weighted by Crippen LogP contribution is 2.19. The van der Waals surface area contributed by atoms with Gasteiger partial charge in [0.2, 0.25) is 5.91 Å². The number of hydrogen-bond donors (Lipinski definition) is 2. The van der Waals surface area contributed by atoms with Gasteiger partial charge in [0.05, 0.1) is 11.7 Å². The number of benzene rings is 1. The predicted molar refractivity (Wildman–Crippen MR) is 88.5 cm³/mol. The monoisotopic (exact) mass is 330 g/mol. The number of nitrogens with zero attached hydrogens (tertiary/aromatic N) is 1. The first-order valence-corrected chi connectivity index (χ1v) is 7.95. The van der Waals surface area contributed by atoms with E-state index < -0.39 is 5.97 Å². The zero-order valence-electron chi connectivity index (χ0n) is 13.9. The van der Waals surface area contributed by atoms with Crippen molar-refractivity contribution >= 4 is 11.9 Å². The fourth-order valence-corrected chi connectivity index (χ4v) is 2.64. The maximum atomic E-state index is 12.3. The third kappa shape index (κ3) is 4.94. The summed E-state index contributed by atoms with van der Waals surface area (Å²) in [6.45, 7) is 3.68. The molecule has 1 heterocycles. The Balaban J connectivity index is 1.97. The number of amides is 1. The summed E-state index contributed by atoms with van der Waals surface area (Å²) in [7, 11) is 0. The van der Waals surface area contributed by atoms with E-state index in [2.05, 4.69) is 10.5 Å². The van der Waals surface area contributed by atoms with Gasteiger partial charge in [0.15, 0.2) is 0 Å². The zero-order chi connectivity index (χ0) is 17.5. The van der Waals surface area contributed by atoms with Crippen LogP contribution in [0.2, 0.25) is 0 Å². The van der Waals surface area contributed by atoms with Gasteiger partial charge < -0.3 is 14.9 Å². The minimum absolute atomic E-state index is 0.00368. The number of aliphatic carboxylic acids is 1. The molecule has 1 atom stereocenters. The Hall–Kier alpha value is -2.63. The molecule has 2 rings (SSSR count). The van der Waals surface area contributed by atoms with Gasteiger partial charge in [0.25, 0.3) is 0 Å². The largest absolute Gasteiger partial charge is 0.481 e. The molecule has 0 saturated carbocycles. The van der Waals surface area contributed by atoms with Gasteiger partial charge in [-0.05, 0) is 32.3 Å². The molecule has 6 heteroatoms. The lowest BCUT2D eigenvalue weighted by atomic mass is 10.0. The van der Waals surface area contributed by atoms with Crippen LogP contribution in [0.3, 0.4) is 0 Å². The minimum atomic E-state index is -0.874. The molecule has 0 aliphatic carbocycles. The highest BCUT2D eigenvalue weighted by atomic mass is 16.5. The standard InChI is InChI=1S/C18H22N2O4/c1-12-15(13(2)24-20-12)8-10-17(21)19-16(9-11-18(22)23)14-6-4-3-5-7-14/h3-7,16H,8-11H2,1-2H3,(H,19,21)(H,22,23). The number of aromatic nitrogens is 1. The van der Waals surface area contributed by atoms with Crippen LogP contribution in [-0.4, -0.2) is 22.1 Å². The number of hydrogen-bond acceptors (Lipinski definition) is 4. The molecule has 0 radical (unpaired) electrons. The molecule has 0 spiro atoms. The van der Waals surface area contributed by atoms with Crippen molar-refractivity contribution in [3.8, 4) is 0 Å². The lowest BCUT2D eigenvalue weighted by Crippen LogP contribution is -2.29. The first-order valence-electron chi connectivity index (χ1n) is 7.95. The van der Waals surface area contributed by atoms with E-state index in [-0.39, 0.29) is 18.4 Å². The van der Waals surface area contributed by atoms with E-state index in [1.807, 2.05) is 44.2 Å². The molecule has 2 aromatic rings. The number of carboxylic acids is 1. The van der Waals surface area contributed by atoms with Crippen molar-refractivity contribution in [2.75, 3.05) is 0 Å². The number of carbonyl (C=O) groups excluding carboxylic acids is 1. The Morgan fingerprint density at radius 1 is 1.21 bits per heavy atom. The second kappa shape index (κ2) is 8.29. The Bertz CT molecular complexity index is 675. The number of rotatable bonds is 8. The molecular weight excluding hydrogens is 308 g/mol. The van der Waals surface area contributed by atoms with Crippen molar-refractivity contribution < 1.29 is 19.2 Å². The molecule has 2 N–H and O–H groups in total. The van der Waals surface area contributed by atoms with Crippen LogP contribution in [0.4, 0.5) is 0 Å². The molecular formula is C18H22N2O4. The van der Waals surface area contributed by atoms with Crippen LogP contribution in [-0.2, 0) is 16.0 Å². The Kier molecular flexibility index (Phi) is 6.12. The quantitative estimate of drug-likeness (QED) is 0.776. The molecule has 0 aliphatic heterocycles. The second-order valence-corrected chi connectivity index (χ2v) is 5.77. The van der Waals surface area contributed by atoms with Crippen LogP contribution in [0, 0.1) is 13.8 Å². The van der Waals surface area contributed by atoms with Gasteiger partial charge in [-0.25, -0.2) is 0 Å². The van der Waals surface area contributed by atoms with Crippen LogP contribution >= 0.6 is 0 Å². The highest BCUT2D eigenvalue weighted by molar-refractivity contribution is 5.77. The van der Waals surface area contributed by atoms with Crippen LogP contribution in [0.25, 0.3) is 0 Å². The zero-order valence-corrected chi connectivity index (χ0v) is 13.9. The van der Waals surface area contributed by atoms with Crippen molar-refractivity contribution in [3.63, 3.8) is 0 Å². The molecule has 1 unspecified atom stereocenters. The molecule has 0 aliphatic rings. The van der Waals surface area contributed by atoms with E-state index >= 15 is 0 Å². The highest BCUT2D eigenvalue weighted by Gasteiger charge is 2.17. The summed E-state index contributed by atoms with van der Waals surface area (Å²) >= 11 is 0. The lowest BCUT2D eigenvalue weighted by Gasteiger charge is -2.18. The lowest BCUT2D eigenvalue weighted by molar-refractivity contribution is -0.137. The Morgan fingerprint density at radius 3 is 2.50 bits per heavy atom. The molecule has 1 amide bonds. The van der Waals surface area contributed by atoms with E-state index in [4.69, 9.17) is 9.63 Å². The topological polar surface area (TPSA) is 92.4 Å². The third-order valence-electron chi connectivity index (χ3n) is 3.97. The van der Waals surface area contributed by atoms with E-state index in [1.54, 1.807) is 0 Å². The molecule has 0 fully saturated rings. The summed E-state index contributed by atoms with van der Waals surface area (Å²) in [5.74, 6) is -0.263. The number of nitrogens with one attached hydrogen (secondary N) is 1. The van der Waals surface area contributed by atoms with E-state index in [0.717, 1.165) is 22.6 Å². The molecule has 1 aromatic heterocycles. The van der Waals surface area contributed by atoms with Crippen molar-refractivity contribution in [2.24, 2.45) is 0 Å². The van der Waals surface area contributed by atoms with Crippen molar-refractivity contribution in [1.29, 1.82) is 0 Å². The predicted octanol–water partition coefficient (Wildman–Crippen LogP) is 2.95. The number of aryl methyl sites for hydroxylation is 2. The van der Waals surface area contributed by atoms with Crippen molar-refractivity contribution in [2.45, 2.75) is 45.6 Å². The smallest absolute Gasteiger partial charge is 0.303 e. The van der Waals surface area contributed by atoms with Crippen LogP contribution < -0.4 is 5.32 Å². The average Bonchev–Trinajstić information content (AvgIpc) is 2.88. The second-order valence-electron chi connectivity index (χ2n) is 5.77. The first kappa shape index (κ1) is 17.7. The van der Waals surface area contributed by atoms with E-state index in [9.17, 15) is 9.59 Å². The van der Waals surface area contributed by atoms with Gasteiger partial charge in [-0.3, -0.25) is 9.59 Å². The van der Waals surface area contributed by atoms with Crippen LogP contribution in [0.5, 0.6) is 0 Å². The third-order valence-corrected chi connectivity index (χ3v) is 3.97. The molecule has 0 saturated heterocycles. The summed E-state index contributed by atoms with van der Waals surface area (Å²) in [5.41, 5.74) is 2.65. The number of carbonyl (C=O) groups is 2. The van der Waals surface area contributed by atoms with Gasteiger partial charge in [0, 0.05) is 18.4 Å². The summed E-state index contributed by atoms with van der Waals surface area (Å²) in [6, 6.07) is 9.11. The van der Waals surface area contributed by atoms with Gasteiger partial charge in [0.1, 0.15) is 5.76 Å². The fraction of sp³-hybridized carbons (Fsp3) is 0.389. The summed E-state index contributed by atoms with van der Waals surface area (Å²) in [5, 5.41) is 15.7. The van der Waals surface area contributed by atoms with Crippen LogP contribution in [0.1, 0.15) is 47.9 Å². The van der Waals surface area contributed by atoms with E-state index in [1.165, 1.54) is 0 Å². The SMILES string of the molecule is Cc1noc(C)c1CCC(=O)NC(CCC(=O)O)c1ccccc1. The van der Waals surface area contributed by atoms with Gasteiger partial charge in [-0.1, -0.05) is 35.5 Å². The fourth-order valence-electron chi connectivity index (χ4n) is 2.64. The Morgan fingerprint density at radius 2 is 1.92 bits per heavy atom. The summed E-state index contributed by atoms with van der Waals surface area (Å²) < 4.78 is 5.10. The molecule has 1 aromatic carbocycles. The normalized spacial score (nSPS) is 11.9. The molecule has 6 nitrogen and oxygen atoms in total. The summed E-state index contributed by atoms with van der Waals surface area (Å²) in [6.07, 6.45) is 1.22. The Labute approximate surface area is 140 Å². The first-order chi connectivity index (χ1) is 11.5. The average molecular weight is 330 g/mol. The number of carboxylic acid groups (broad SMARTS) is 1. The van der Waals surface area contributed by atoms with Gasteiger partial charge in [-0.15, -0.1) is 0 Å². The molecule has 0 bridgehead atoms. The molecule has 24 heavy (non-hydrogen) atoms. The minimum Gasteiger partial charge on any atom is -0.481 e. The maximum absolute atomic E-state index is 12.3. The van der Waals surface area contributed by atoms with Gasteiger partial charge >= 0.3 is 5.97 Å². The van der Waals surface area contributed by atoms with Gasteiger partial charge in [-0.2, -0.15) is 0 Å². The molecule has 128 valence electrons. The van der Waals surface area contributed by atoms with Crippen molar-refractivity contribution in [3.05, 3.63) is 52.9 Å². The maximum Gasteiger partial charge on any atom is 0.303 e. The van der Waals surface area contributed by atoms with E-state index in [0.29, 0.717) is 19.3 Å². The van der Waals surface area contributed by atoms with Crippen molar-refractivity contribution in [1.82, 2.24) is 10.5 Å².